The first-order valence-corrected chi connectivity index (χ1v) is 6.89. The van der Waals surface area contributed by atoms with Crippen molar-refractivity contribution < 1.29 is 15.0 Å². The Morgan fingerprint density at radius 3 is 2.59 bits per heavy atom. The fourth-order valence-corrected chi connectivity index (χ4v) is 1.98. The van der Waals surface area contributed by atoms with Gasteiger partial charge in [-0.05, 0) is 55.8 Å². The number of hydrogen-bond acceptors (Lipinski definition) is 4. The second-order valence-electron chi connectivity index (χ2n) is 4.80. The highest BCUT2D eigenvalue weighted by Gasteiger charge is 2.09. The zero-order valence-corrected chi connectivity index (χ0v) is 12.8. The van der Waals surface area contributed by atoms with E-state index < -0.39 is 5.91 Å². The molecular formula is C16H15ClN2O3. The minimum atomic E-state index is -0.390. The standard InChI is InChI=1S/C16H15ClN2O3/c1-9-7-11(3-5-14(9)17)16(22)19-18-10(2)13-8-12(20)4-6-15(13)21/h3-8,20-21H,1-2H3,(H,19,22)/b18-10-. The van der Waals surface area contributed by atoms with Crippen LogP contribution >= 0.6 is 11.6 Å². The van der Waals surface area contributed by atoms with E-state index in [-0.39, 0.29) is 11.5 Å². The summed E-state index contributed by atoms with van der Waals surface area (Å²) in [5, 5.41) is 23.7. The molecule has 0 unspecified atom stereocenters. The molecule has 0 saturated heterocycles. The summed E-state index contributed by atoms with van der Waals surface area (Å²) in [6.45, 7) is 3.42. The normalized spacial score (nSPS) is 11.3. The quantitative estimate of drug-likeness (QED) is 0.461. The third-order valence-corrected chi connectivity index (χ3v) is 3.54. The molecule has 0 aliphatic heterocycles. The molecule has 2 aromatic rings. The van der Waals surface area contributed by atoms with E-state index in [0.717, 1.165) is 5.56 Å². The summed E-state index contributed by atoms with van der Waals surface area (Å²) in [6, 6.07) is 8.99. The average molecular weight is 319 g/mol. The van der Waals surface area contributed by atoms with Gasteiger partial charge in [-0.3, -0.25) is 4.79 Å². The molecule has 0 heterocycles. The summed E-state index contributed by atoms with van der Waals surface area (Å²) in [5.41, 5.74) is 4.33. The number of hydrazone groups is 1. The van der Waals surface area contributed by atoms with Gasteiger partial charge < -0.3 is 10.2 Å². The summed E-state index contributed by atoms with van der Waals surface area (Å²) < 4.78 is 0. The van der Waals surface area contributed by atoms with Crippen molar-refractivity contribution in [1.82, 2.24) is 5.43 Å². The number of aromatic hydroxyl groups is 2. The molecule has 0 fully saturated rings. The number of nitrogens with one attached hydrogen (secondary N) is 1. The molecule has 114 valence electrons. The number of halogens is 1. The van der Waals surface area contributed by atoms with Crippen molar-refractivity contribution in [3.05, 3.63) is 58.1 Å². The third kappa shape index (κ3) is 3.56. The van der Waals surface area contributed by atoms with E-state index in [1.54, 1.807) is 32.0 Å². The summed E-state index contributed by atoms with van der Waals surface area (Å²) in [5.74, 6) is -0.420. The first-order chi connectivity index (χ1) is 10.4. The fraction of sp³-hybridized carbons (Fsp3) is 0.125. The number of phenolic OH excluding ortho intramolecular Hbond substituents is 2. The van der Waals surface area contributed by atoms with E-state index in [0.29, 0.717) is 21.9 Å². The number of hydrogen-bond donors (Lipinski definition) is 3. The van der Waals surface area contributed by atoms with Crippen LogP contribution in [0, 0.1) is 6.92 Å². The van der Waals surface area contributed by atoms with Gasteiger partial charge in [-0.15, -0.1) is 0 Å². The number of carbonyl (C=O) groups is 1. The molecule has 0 aromatic heterocycles. The van der Waals surface area contributed by atoms with Crippen molar-refractivity contribution in [2.24, 2.45) is 5.10 Å². The molecule has 5 nitrogen and oxygen atoms in total. The molecule has 0 saturated carbocycles. The molecule has 2 aromatic carbocycles. The summed E-state index contributed by atoms with van der Waals surface area (Å²) >= 11 is 5.91. The topological polar surface area (TPSA) is 81.9 Å². The van der Waals surface area contributed by atoms with Gasteiger partial charge in [0, 0.05) is 16.1 Å². The second-order valence-corrected chi connectivity index (χ2v) is 5.21. The van der Waals surface area contributed by atoms with Gasteiger partial charge >= 0.3 is 0 Å². The number of rotatable bonds is 3. The predicted molar refractivity (Wildman–Crippen MR) is 85.6 cm³/mol. The van der Waals surface area contributed by atoms with Crippen LogP contribution in [-0.2, 0) is 0 Å². The van der Waals surface area contributed by atoms with Crippen molar-refractivity contribution in [2.45, 2.75) is 13.8 Å². The van der Waals surface area contributed by atoms with E-state index in [9.17, 15) is 15.0 Å². The lowest BCUT2D eigenvalue weighted by Gasteiger charge is -2.06. The number of aryl methyl sites for hydroxylation is 1. The molecule has 0 spiro atoms. The molecule has 0 bridgehead atoms. The summed E-state index contributed by atoms with van der Waals surface area (Å²) in [4.78, 5) is 12.0. The Labute approximate surface area is 132 Å². The Morgan fingerprint density at radius 1 is 1.18 bits per heavy atom. The minimum absolute atomic E-state index is 0.00185. The van der Waals surface area contributed by atoms with Crippen LogP contribution < -0.4 is 5.43 Å². The molecular weight excluding hydrogens is 304 g/mol. The van der Waals surface area contributed by atoms with Gasteiger partial charge in [0.05, 0.1) is 5.71 Å². The maximum absolute atomic E-state index is 12.0. The molecule has 0 aliphatic carbocycles. The average Bonchev–Trinajstić information content (AvgIpc) is 2.49. The summed E-state index contributed by atoms with van der Waals surface area (Å²) in [6.07, 6.45) is 0. The van der Waals surface area contributed by atoms with Crippen molar-refractivity contribution in [3.63, 3.8) is 0 Å². The Bertz CT molecular complexity index is 757. The SMILES string of the molecule is C/C(=N/NC(=O)c1ccc(Cl)c(C)c1)c1cc(O)ccc1O. The molecule has 1 amide bonds. The van der Waals surface area contributed by atoms with Gasteiger partial charge in [0.2, 0.25) is 0 Å². The van der Waals surface area contributed by atoms with Crippen molar-refractivity contribution in [3.8, 4) is 11.5 Å². The van der Waals surface area contributed by atoms with Gasteiger partial charge in [-0.25, -0.2) is 5.43 Å². The van der Waals surface area contributed by atoms with Crippen LogP contribution in [0.4, 0.5) is 0 Å². The van der Waals surface area contributed by atoms with Crippen LogP contribution in [-0.4, -0.2) is 21.8 Å². The molecule has 0 atom stereocenters. The highest BCUT2D eigenvalue weighted by atomic mass is 35.5. The highest BCUT2D eigenvalue weighted by Crippen LogP contribution is 2.22. The van der Waals surface area contributed by atoms with Crippen LogP contribution in [0.5, 0.6) is 11.5 Å². The lowest BCUT2D eigenvalue weighted by atomic mass is 10.1. The first-order valence-electron chi connectivity index (χ1n) is 6.51. The molecule has 3 N–H and O–H groups in total. The third-order valence-electron chi connectivity index (χ3n) is 3.12. The van der Waals surface area contributed by atoms with Crippen LogP contribution in [0.15, 0.2) is 41.5 Å². The number of benzene rings is 2. The Kier molecular flexibility index (Phi) is 4.68. The minimum Gasteiger partial charge on any atom is -0.508 e. The fourth-order valence-electron chi connectivity index (χ4n) is 1.86. The number of nitrogens with zero attached hydrogens (tertiary/aromatic N) is 1. The van der Waals surface area contributed by atoms with E-state index in [2.05, 4.69) is 10.5 Å². The lowest BCUT2D eigenvalue weighted by Crippen LogP contribution is -2.19. The molecule has 22 heavy (non-hydrogen) atoms. The largest absolute Gasteiger partial charge is 0.508 e. The number of phenols is 2. The zero-order valence-electron chi connectivity index (χ0n) is 12.1. The van der Waals surface area contributed by atoms with Gasteiger partial charge in [-0.1, -0.05) is 11.6 Å². The van der Waals surface area contributed by atoms with Crippen molar-refractivity contribution in [1.29, 1.82) is 0 Å². The molecule has 6 heteroatoms. The first kappa shape index (κ1) is 15.9. The smallest absolute Gasteiger partial charge is 0.271 e. The van der Waals surface area contributed by atoms with Gasteiger partial charge in [0.25, 0.3) is 5.91 Å². The van der Waals surface area contributed by atoms with E-state index in [4.69, 9.17) is 11.6 Å². The van der Waals surface area contributed by atoms with E-state index in [1.807, 2.05) is 0 Å². The maximum Gasteiger partial charge on any atom is 0.271 e. The van der Waals surface area contributed by atoms with Crippen molar-refractivity contribution in [2.75, 3.05) is 0 Å². The molecule has 0 radical (unpaired) electrons. The second kappa shape index (κ2) is 6.49. The Balaban J connectivity index is 2.18. The lowest BCUT2D eigenvalue weighted by molar-refractivity contribution is 0.0954. The number of amides is 1. The van der Waals surface area contributed by atoms with E-state index in [1.165, 1.54) is 18.2 Å². The molecule has 2 rings (SSSR count). The van der Waals surface area contributed by atoms with Crippen LogP contribution in [0.3, 0.4) is 0 Å². The van der Waals surface area contributed by atoms with Gasteiger partial charge in [0.15, 0.2) is 0 Å². The Morgan fingerprint density at radius 2 is 1.91 bits per heavy atom. The molecule has 0 aliphatic rings. The van der Waals surface area contributed by atoms with Crippen LogP contribution in [0.25, 0.3) is 0 Å². The van der Waals surface area contributed by atoms with Gasteiger partial charge in [-0.2, -0.15) is 5.10 Å². The van der Waals surface area contributed by atoms with E-state index >= 15 is 0 Å². The van der Waals surface area contributed by atoms with Crippen LogP contribution in [0.1, 0.15) is 28.4 Å². The van der Waals surface area contributed by atoms with Crippen molar-refractivity contribution >= 4 is 23.2 Å². The van der Waals surface area contributed by atoms with Crippen LogP contribution in [0.2, 0.25) is 5.02 Å². The van der Waals surface area contributed by atoms with Gasteiger partial charge in [0.1, 0.15) is 11.5 Å². The summed E-state index contributed by atoms with van der Waals surface area (Å²) in [7, 11) is 0. The monoisotopic (exact) mass is 318 g/mol. The zero-order chi connectivity index (χ0) is 16.3. The predicted octanol–water partition coefficient (Wildman–Crippen LogP) is 3.21. The maximum atomic E-state index is 12.0. The highest BCUT2D eigenvalue weighted by molar-refractivity contribution is 6.31. The Hall–Kier alpha value is -2.53. The number of carbonyl (C=O) groups excluding carboxylic acids is 1.